The van der Waals surface area contributed by atoms with Gasteiger partial charge in [-0.25, -0.2) is 5.43 Å². The molecule has 5 heteroatoms. The highest BCUT2D eigenvalue weighted by atomic mass is 79.9. The quantitative estimate of drug-likeness (QED) is 0.842. The summed E-state index contributed by atoms with van der Waals surface area (Å²) in [6.45, 7) is 4.07. The van der Waals surface area contributed by atoms with Crippen LogP contribution >= 0.6 is 15.9 Å². The first-order chi connectivity index (χ1) is 9.37. The number of Topliss-reactive ketones (excluding diaryl/α,β-unsaturated/α-hetero) is 1. The van der Waals surface area contributed by atoms with Crippen LogP contribution in [0.3, 0.4) is 0 Å². The molecule has 0 saturated heterocycles. The van der Waals surface area contributed by atoms with E-state index >= 15 is 0 Å². The number of amides is 1. The average Bonchev–Trinajstić information content (AvgIpc) is 2.34. The molecule has 0 aromatic heterocycles. The molecule has 0 spiro atoms. The van der Waals surface area contributed by atoms with E-state index in [2.05, 4.69) is 26.5 Å². The molecule has 0 bridgehead atoms. The van der Waals surface area contributed by atoms with Gasteiger partial charge < -0.3 is 0 Å². The lowest BCUT2D eigenvalue weighted by Crippen LogP contribution is -2.31. The van der Waals surface area contributed by atoms with Crippen LogP contribution in [0, 0.1) is 5.41 Å². The van der Waals surface area contributed by atoms with Crippen molar-refractivity contribution in [2.24, 2.45) is 10.5 Å². The van der Waals surface area contributed by atoms with Gasteiger partial charge in [-0.1, -0.05) is 26.0 Å². The Morgan fingerprint density at radius 1 is 1.30 bits per heavy atom. The van der Waals surface area contributed by atoms with E-state index in [9.17, 15) is 9.59 Å². The fourth-order valence-electron chi connectivity index (χ4n) is 2.42. The van der Waals surface area contributed by atoms with E-state index in [-0.39, 0.29) is 17.1 Å². The fraction of sp³-hybridized carbons (Fsp3) is 0.400. The maximum Gasteiger partial charge on any atom is 0.272 e. The second-order valence-electron chi connectivity index (χ2n) is 5.83. The molecule has 1 aromatic rings. The van der Waals surface area contributed by atoms with Crippen LogP contribution in [0.1, 0.15) is 43.5 Å². The summed E-state index contributed by atoms with van der Waals surface area (Å²) in [5.41, 5.74) is 3.73. The van der Waals surface area contributed by atoms with Crippen molar-refractivity contribution in [3.05, 3.63) is 34.3 Å². The molecule has 1 amide bonds. The number of carbonyl (C=O) groups excluding carboxylic acids is 2. The smallest absolute Gasteiger partial charge is 0.272 e. The molecule has 1 saturated carbocycles. The Hall–Kier alpha value is -1.49. The molecule has 1 aliphatic rings. The van der Waals surface area contributed by atoms with Gasteiger partial charge in [-0.3, -0.25) is 9.59 Å². The van der Waals surface area contributed by atoms with Gasteiger partial charge in [0.25, 0.3) is 5.91 Å². The number of ketones is 1. The molecule has 0 unspecified atom stereocenters. The molecule has 1 N–H and O–H groups in total. The number of nitrogens with one attached hydrogen (secondary N) is 1. The van der Waals surface area contributed by atoms with Gasteiger partial charge in [0.2, 0.25) is 0 Å². The van der Waals surface area contributed by atoms with Crippen molar-refractivity contribution < 1.29 is 9.59 Å². The normalized spacial score (nSPS) is 19.9. The predicted molar refractivity (Wildman–Crippen MR) is 81.7 cm³/mol. The first kappa shape index (κ1) is 14.9. The minimum atomic E-state index is -0.277. The molecule has 1 aliphatic carbocycles. The largest absolute Gasteiger partial charge is 0.299 e. The molecular formula is C15H17BrN2O2. The Morgan fingerprint density at radius 2 is 2.00 bits per heavy atom. The van der Waals surface area contributed by atoms with Gasteiger partial charge in [0.05, 0.1) is 5.56 Å². The summed E-state index contributed by atoms with van der Waals surface area (Å²) in [5, 5.41) is 4.12. The average molecular weight is 337 g/mol. The number of halogens is 1. The van der Waals surface area contributed by atoms with Crippen LogP contribution < -0.4 is 5.43 Å². The van der Waals surface area contributed by atoms with Crippen LogP contribution in [0.2, 0.25) is 0 Å². The van der Waals surface area contributed by atoms with Crippen molar-refractivity contribution in [2.45, 2.75) is 33.1 Å². The highest BCUT2D eigenvalue weighted by molar-refractivity contribution is 9.10. The number of benzene rings is 1. The van der Waals surface area contributed by atoms with E-state index in [0.29, 0.717) is 18.4 Å². The van der Waals surface area contributed by atoms with E-state index < -0.39 is 0 Å². The molecule has 0 radical (unpaired) electrons. The Labute approximate surface area is 126 Å². The maximum absolute atomic E-state index is 12.0. The summed E-state index contributed by atoms with van der Waals surface area (Å²) in [5.74, 6) is -0.101. The molecule has 2 rings (SSSR count). The van der Waals surface area contributed by atoms with E-state index in [1.54, 1.807) is 18.2 Å². The Kier molecular flexibility index (Phi) is 4.38. The fourth-order valence-corrected chi connectivity index (χ4v) is 2.88. The van der Waals surface area contributed by atoms with Crippen LogP contribution in [0.4, 0.5) is 0 Å². The van der Waals surface area contributed by atoms with Gasteiger partial charge in [-0.05, 0) is 39.9 Å². The zero-order valence-electron chi connectivity index (χ0n) is 11.6. The van der Waals surface area contributed by atoms with Crippen LogP contribution in [0.15, 0.2) is 33.8 Å². The van der Waals surface area contributed by atoms with Crippen molar-refractivity contribution in [1.29, 1.82) is 0 Å². The number of hydrogen-bond acceptors (Lipinski definition) is 3. The molecule has 0 heterocycles. The SMILES string of the molecule is CC1(C)CC(=O)C/C(=N\NC(=O)c2ccccc2Br)C1. The number of carbonyl (C=O) groups is 2. The number of rotatable bonds is 2. The second-order valence-corrected chi connectivity index (χ2v) is 6.69. The molecular weight excluding hydrogens is 320 g/mol. The third-order valence-electron chi connectivity index (χ3n) is 3.19. The van der Waals surface area contributed by atoms with E-state index in [0.717, 1.165) is 16.6 Å². The molecule has 20 heavy (non-hydrogen) atoms. The summed E-state index contributed by atoms with van der Waals surface area (Å²) in [6, 6.07) is 7.15. The van der Waals surface area contributed by atoms with Gasteiger partial charge in [0.1, 0.15) is 5.78 Å². The van der Waals surface area contributed by atoms with Crippen LogP contribution in [0.5, 0.6) is 0 Å². The van der Waals surface area contributed by atoms with Crippen LogP contribution in [-0.2, 0) is 4.79 Å². The first-order valence-electron chi connectivity index (χ1n) is 6.49. The van der Waals surface area contributed by atoms with E-state index in [1.165, 1.54) is 0 Å². The molecule has 106 valence electrons. The Bertz CT molecular complexity index is 579. The zero-order valence-corrected chi connectivity index (χ0v) is 13.2. The minimum Gasteiger partial charge on any atom is -0.299 e. The maximum atomic E-state index is 12.0. The molecule has 4 nitrogen and oxygen atoms in total. The van der Waals surface area contributed by atoms with Gasteiger partial charge in [0.15, 0.2) is 0 Å². The Balaban J connectivity index is 2.08. The second kappa shape index (κ2) is 5.87. The van der Waals surface area contributed by atoms with Crippen molar-refractivity contribution in [1.82, 2.24) is 5.43 Å². The monoisotopic (exact) mass is 336 g/mol. The molecule has 1 aromatic carbocycles. The summed E-state index contributed by atoms with van der Waals surface area (Å²) in [4.78, 5) is 23.7. The van der Waals surface area contributed by atoms with Crippen molar-refractivity contribution >= 4 is 33.3 Å². The van der Waals surface area contributed by atoms with Crippen molar-refractivity contribution in [3.8, 4) is 0 Å². The third kappa shape index (κ3) is 3.76. The third-order valence-corrected chi connectivity index (χ3v) is 3.89. The van der Waals surface area contributed by atoms with Gasteiger partial charge in [-0.15, -0.1) is 0 Å². The van der Waals surface area contributed by atoms with Crippen molar-refractivity contribution in [2.75, 3.05) is 0 Å². The van der Waals surface area contributed by atoms with Crippen LogP contribution in [0.25, 0.3) is 0 Å². The summed E-state index contributed by atoms with van der Waals surface area (Å²) >= 11 is 3.33. The lowest BCUT2D eigenvalue weighted by atomic mass is 9.76. The topological polar surface area (TPSA) is 58.5 Å². The number of hydrogen-bond donors (Lipinski definition) is 1. The summed E-state index contributed by atoms with van der Waals surface area (Å²) in [6.07, 6.45) is 1.64. The standard InChI is InChI=1S/C15H17BrN2O2/c1-15(2)8-10(7-11(19)9-15)17-18-14(20)12-5-3-4-6-13(12)16/h3-6H,7-9H2,1-2H3,(H,18,20)/b17-10+. The van der Waals surface area contributed by atoms with E-state index in [1.807, 2.05) is 19.9 Å². The lowest BCUT2D eigenvalue weighted by Gasteiger charge is -2.29. The minimum absolute atomic E-state index is 0.0772. The van der Waals surface area contributed by atoms with Gasteiger partial charge in [0, 0.05) is 23.0 Å². The Morgan fingerprint density at radius 3 is 2.65 bits per heavy atom. The lowest BCUT2D eigenvalue weighted by molar-refractivity contribution is -0.120. The van der Waals surface area contributed by atoms with Crippen LogP contribution in [-0.4, -0.2) is 17.4 Å². The molecule has 1 fully saturated rings. The zero-order chi connectivity index (χ0) is 14.8. The molecule has 0 aliphatic heterocycles. The number of nitrogens with zero attached hydrogens (tertiary/aromatic N) is 1. The van der Waals surface area contributed by atoms with Gasteiger partial charge in [-0.2, -0.15) is 5.10 Å². The number of hydrazone groups is 1. The molecule has 0 atom stereocenters. The highest BCUT2D eigenvalue weighted by Crippen LogP contribution is 2.31. The highest BCUT2D eigenvalue weighted by Gasteiger charge is 2.30. The predicted octanol–water partition coefficient (Wildman–Crippen LogP) is 3.31. The van der Waals surface area contributed by atoms with Crippen molar-refractivity contribution in [3.63, 3.8) is 0 Å². The summed E-state index contributed by atoms with van der Waals surface area (Å²) in [7, 11) is 0. The summed E-state index contributed by atoms with van der Waals surface area (Å²) < 4.78 is 0.720. The van der Waals surface area contributed by atoms with E-state index in [4.69, 9.17) is 0 Å². The first-order valence-corrected chi connectivity index (χ1v) is 7.29. The van der Waals surface area contributed by atoms with Gasteiger partial charge >= 0.3 is 0 Å².